The van der Waals surface area contributed by atoms with Crippen LogP contribution < -0.4 is 0 Å². The van der Waals surface area contributed by atoms with Gasteiger partial charge in [-0.2, -0.15) is 0 Å². The highest BCUT2D eigenvalue weighted by Gasteiger charge is 2.55. The lowest BCUT2D eigenvalue weighted by Gasteiger charge is -2.33. The zero-order valence-corrected chi connectivity index (χ0v) is 13.2. The first-order valence-corrected chi connectivity index (χ1v) is 8.64. The van der Waals surface area contributed by atoms with E-state index in [1.54, 1.807) is 16.2 Å². The third kappa shape index (κ3) is 2.01. The van der Waals surface area contributed by atoms with E-state index in [1.807, 2.05) is 6.07 Å². The Morgan fingerprint density at radius 3 is 3.00 bits per heavy atom. The molecule has 0 radical (unpaired) electrons. The fourth-order valence-corrected chi connectivity index (χ4v) is 5.27. The van der Waals surface area contributed by atoms with Crippen LogP contribution in [0, 0.1) is 11.3 Å². The first kappa shape index (κ1) is 14.2. The second kappa shape index (κ2) is 5.06. The normalized spacial score (nSPS) is 30.2. The van der Waals surface area contributed by atoms with Crippen molar-refractivity contribution in [1.29, 1.82) is 0 Å². The maximum Gasteiger partial charge on any atom is 0.311 e. The molecule has 4 rings (SSSR count). The summed E-state index contributed by atoms with van der Waals surface area (Å²) < 4.78 is 5.44. The Balaban J connectivity index is 1.58. The molecule has 1 amide bonds. The van der Waals surface area contributed by atoms with Crippen molar-refractivity contribution in [2.24, 2.45) is 11.3 Å². The largest absolute Gasteiger partial charge is 0.481 e. The second-order valence-electron chi connectivity index (χ2n) is 6.58. The third-order valence-corrected chi connectivity index (χ3v) is 6.60. The molecule has 0 spiro atoms. The molecular formula is C16H19NO4S. The predicted molar refractivity (Wildman–Crippen MR) is 81.2 cm³/mol. The Bertz CT molecular complexity index is 619. The molecule has 1 aromatic rings. The molecule has 0 aromatic carbocycles. The average Bonchev–Trinajstić information content (AvgIpc) is 3.18. The summed E-state index contributed by atoms with van der Waals surface area (Å²) in [5, 5.41) is 9.67. The molecule has 5 nitrogen and oxygen atoms in total. The number of nitrogens with zero attached hydrogens (tertiary/aromatic N) is 1. The van der Waals surface area contributed by atoms with Crippen molar-refractivity contribution in [1.82, 2.24) is 4.90 Å². The average molecular weight is 321 g/mol. The van der Waals surface area contributed by atoms with Crippen molar-refractivity contribution < 1.29 is 19.4 Å². The Morgan fingerprint density at radius 2 is 2.27 bits per heavy atom. The van der Waals surface area contributed by atoms with E-state index in [1.165, 1.54) is 16.9 Å². The fourth-order valence-electron chi connectivity index (χ4n) is 4.04. The number of hydrogen-bond donors (Lipinski definition) is 1. The van der Waals surface area contributed by atoms with Crippen molar-refractivity contribution in [3.8, 4) is 0 Å². The van der Waals surface area contributed by atoms with Crippen LogP contribution in [0.25, 0.3) is 0 Å². The van der Waals surface area contributed by atoms with Crippen LogP contribution in [-0.2, 0) is 22.4 Å². The number of rotatable bonds is 2. The number of aryl methyl sites for hydroxylation is 2. The molecule has 0 bridgehead atoms. The Labute approximate surface area is 132 Å². The number of carboxylic acid groups (broad SMARTS) is 1. The summed E-state index contributed by atoms with van der Waals surface area (Å²) in [6.07, 6.45) is 3.82. The summed E-state index contributed by atoms with van der Waals surface area (Å²) in [6, 6.07) is 2.02. The van der Waals surface area contributed by atoms with Gasteiger partial charge in [-0.05, 0) is 37.3 Å². The zero-order chi connectivity index (χ0) is 15.3. The number of fused-ring (bicyclic) bond motifs is 2. The summed E-state index contributed by atoms with van der Waals surface area (Å²) in [5.74, 6) is -0.881. The fraction of sp³-hybridized carbons (Fsp3) is 0.625. The minimum Gasteiger partial charge on any atom is -0.481 e. The van der Waals surface area contributed by atoms with Gasteiger partial charge in [-0.3, -0.25) is 9.59 Å². The first-order chi connectivity index (χ1) is 10.6. The lowest BCUT2D eigenvalue weighted by atomic mass is 9.74. The molecule has 0 unspecified atom stereocenters. The highest BCUT2D eigenvalue weighted by molar-refractivity contribution is 7.14. The van der Waals surface area contributed by atoms with Crippen molar-refractivity contribution in [2.45, 2.75) is 25.7 Å². The molecule has 0 saturated carbocycles. The van der Waals surface area contributed by atoms with Gasteiger partial charge in [-0.15, -0.1) is 11.3 Å². The van der Waals surface area contributed by atoms with Gasteiger partial charge >= 0.3 is 5.97 Å². The molecule has 3 aliphatic rings. The van der Waals surface area contributed by atoms with E-state index in [9.17, 15) is 14.7 Å². The van der Waals surface area contributed by atoms with E-state index >= 15 is 0 Å². The van der Waals surface area contributed by atoms with Crippen LogP contribution in [0.1, 0.15) is 33.0 Å². The zero-order valence-electron chi connectivity index (χ0n) is 12.3. The van der Waals surface area contributed by atoms with Crippen molar-refractivity contribution in [2.75, 3.05) is 26.3 Å². The quantitative estimate of drug-likeness (QED) is 0.902. The van der Waals surface area contributed by atoms with Crippen LogP contribution in [0.4, 0.5) is 0 Å². The van der Waals surface area contributed by atoms with Gasteiger partial charge in [0.1, 0.15) is 0 Å². The van der Waals surface area contributed by atoms with Crippen LogP contribution in [0.3, 0.4) is 0 Å². The number of carboxylic acids is 1. The standard InChI is InChI=1S/C16H19NO4S/c18-14(13-6-10-2-1-3-12(10)22-13)17-7-11-8-21-5-4-16(11,9-17)15(19)20/h6,11H,1-5,7-9H2,(H,19,20)/t11-,16+/m0/s1. The van der Waals surface area contributed by atoms with E-state index in [-0.39, 0.29) is 11.8 Å². The molecule has 3 heterocycles. The van der Waals surface area contributed by atoms with E-state index in [2.05, 4.69) is 0 Å². The van der Waals surface area contributed by atoms with E-state index in [0.717, 1.165) is 17.7 Å². The summed E-state index contributed by atoms with van der Waals surface area (Å²) >= 11 is 1.59. The van der Waals surface area contributed by atoms with Gasteiger partial charge in [0.2, 0.25) is 0 Å². The number of thiophene rings is 1. The summed E-state index contributed by atoms with van der Waals surface area (Å²) in [7, 11) is 0. The molecule has 118 valence electrons. The van der Waals surface area contributed by atoms with Crippen LogP contribution in [0.15, 0.2) is 6.07 Å². The predicted octanol–water partition coefficient (Wildman–Crippen LogP) is 1.80. The molecule has 6 heteroatoms. The highest BCUT2D eigenvalue weighted by Crippen LogP contribution is 2.43. The van der Waals surface area contributed by atoms with Gasteiger partial charge in [0.05, 0.1) is 16.9 Å². The monoisotopic (exact) mass is 321 g/mol. The number of carbonyl (C=O) groups excluding carboxylic acids is 1. The van der Waals surface area contributed by atoms with Crippen LogP contribution in [0.2, 0.25) is 0 Å². The Hall–Kier alpha value is -1.40. The lowest BCUT2D eigenvalue weighted by molar-refractivity contribution is -0.157. The number of likely N-dealkylation sites (tertiary alicyclic amines) is 1. The van der Waals surface area contributed by atoms with Crippen molar-refractivity contribution >= 4 is 23.2 Å². The molecule has 1 N–H and O–H groups in total. The maximum absolute atomic E-state index is 12.8. The molecule has 22 heavy (non-hydrogen) atoms. The molecule has 2 atom stereocenters. The van der Waals surface area contributed by atoms with Gasteiger partial charge < -0.3 is 14.7 Å². The Morgan fingerprint density at radius 1 is 1.41 bits per heavy atom. The van der Waals surface area contributed by atoms with Gasteiger partial charge in [0.25, 0.3) is 5.91 Å². The molecule has 2 fully saturated rings. The van der Waals surface area contributed by atoms with Crippen LogP contribution in [0.5, 0.6) is 0 Å². The molecule has 1 aromatic heterocycles. The Kier molecular flexibility index (Phi) is 3.27. The topological polar surface area (TPSA) is 66.8 Å². The summed E-state index contributed by atoms with van der Waals surface area (Å²) in [6.45, 7) is 1.72. The van der Waals surface area contributed by atoms with E-state index in [4.69, 9.17) is 4.74 Å². The van der Waals surface area contributed by atoms with Crippen LogP contribution in [-0.4, -0.2) is 48.2 Å². The van der Waals surface area contributed by atoms with Gasteiger partial charge in [0.15, 0.2) is 0 Å². The summed E-state index contributed by atoms with van der Waals surface area (Å²) in [5.41, 5.74) is 0.495. The molecule has 2 aliphatic heterocycles. The van der Waals surface area contributed by atoms with Gasteiger partial charge in [-0.25, -0.2) is 0 Å². The molecule has 1 aliphatic carbocycles. The smallest absolute Gasteiger partial charge is 0.311 e. The number of carbonyl (C=O) groups is 2. The van der Waals surface area contributed by atoms with Crippen LogP contribution >= 0.6 is 11.3 Å². The molecular weight excluding hydrogens is 302 g/mol. The highest BCUT2D eigenvalue weighted by atomic mass is 32.1. The van der Waals surface area contributed by atoms with Gasteiger partial charge in [0, 0.05) is 30.5 Å². The minimum absolute atomic E-state index is 0.00516. The maximum atomic E-state index is 12.8. The first-order valence-electron chi connectivity index (χ1n) is 7.82. The van der Waals surface area contributed by atoms with Crippen molar-refractivity contribution in [3.63, 3.8) is 0 Å². The number of ether oxygens (including phenoxy) is 1. The summed E-state index contributed by atoms with van der Waals surface area (Å²) in [4.78, 5) is 28.4. The lowest BCUT2D eigenvalue weighted by Crippen LogP contribution is -2.45. The molecule has 2 saturated heterocycles. The SMILES string of the molecule is O=C(c1cc2c(s1)CCC2)N1C[C@H]2COCC[C@@]2(C(=O)O)C1. The van der Waals surface area contributed by atoms with E-state index in [0.29, 0.717) is 32.7 Å². The number of aliphatic carboxylic acids is 1. The number of amides is 1. The van der Waals surface area contributed by atoms with Crippen molar-refractivity contribution in [3.05, 3.63) is 21.4 Å². The van der Waals surface area contributed by atoms with Gasteiger partial charge in [-0.1, -0.05) is 0 Å². The minimum atomic E-state index is -0.812. The number of hydrogen-bond acceptors (Lipinski definition) is 4. The second-order valence-corrected chi connectivity index (χ2v) is 7.72. The van der Waals surface area contributed by atoms with E-state index < -0.39 is 11.4 Å². The third-order valence-electron chi connectivity index (χ3n) is 5.38.